The molecular formula is C14H11ClN2O3. The van der Waals surface area contributed by atoms with Gasteiger partial charge in [0.2, 0.25) is 5.75 Å². The van der Waals surface area contributed by atoms with Crippen molar-refractivity contribution in [2.45, 2.75) is 6.92 Å². The fraction of sp³-hybridized carbons (Fsp3) is 0.143. The third-order valence-electron chi connectivity index (χ3n) is 3.25. The molecule has 0 aliphatic carbocycles. The van der Waals surface area contributed by atoms with Crippen molar-refractivity contribution >= 4 is 22.7 Å². The van der Waals surface area contributed by atoms with Crippen LogP contribution in [-0.2, 0) is 7.05 Å². The van der Waals surface area contributed by atoms with Crippen molar-refractivity contribution in [1.82, 2.24) is 9.78 Å². The Morgan fingerprint density at radius 2 is 2.05 bits per heavy atom. The van der Waals surface area contributed by atoms with Crippen molar-refractivity contribution in [3.05, 3.63) is 45.2 Å². The molecule has 0 bridgehead atoms. The van der Waals surface area contributed by atoms with Gasteiger partial charge in [0.1, 0.15) is 0 Å². The average molecular weight is 291 g/mol. The highest BCUT2D eigenvalue weighted by atomic mass is 35.5. The second-order valence-corrected chi connectivity index (χ2v) is 4.88. The van der Waals surface area contributed by atoms with E-state index in [9.17, 15) is 9.90 Å². The second kappa shape index (κ2) is 4.38. The van der Waals surface area contributed by atoms with E-state index in [1.165, 1.54) is 4.68 Å². The number of hydrogen-bond donors (Lipinski definition) is 1. The van der Waals surface area contributed by atoms with Crippen molar-refractivity contribution in [3.63, 3.8) is 0 Å². The number of halogens is 1. The van der Waals surface area contributed by atoms with E-state index in [0.29, 0.717) is 21.9 Å². The van der Waals surface area contributed by atoms with E-state index in [-0.39, 0.29) is 11.3 Å². The summed E-state index contributed by atoms with van der Waals surface area (Å²) >= 11 is 6.09. The molecule has 0 saturated heterocycles. The molecule has 3 rings (SSSR count). The molecule has 2 heterocycles. The zero-order valence-electron chi connectivity index (χ0n) is 10.8. The Bertz CT molecular complexity index is 880. The Morgan fingerprint density at radius 3 is 2.75 bits per heavy atom. The number of aromatic nitrogens is 2. The summed E-state index contributed by atoms with van der Waals surface area (Å²) in [5.41, 5.74) is 1.06. The summed E-state index contributed by atoms with van der Waals surface area (Å²) in [4.78, 5) is 12.2. The van der Waals surface area contributed by atoms with Crippen molar-refractivity contribution in [3.8, 4) is 17.1 Å². The predicted molar refractivity (Wildman–Crippen MR) is 76.1 cm³/mol. The van der Waals surface area contributed by atoms with Gasteiger partial charge in [0.25, 0.3) is 5.43 Å². The lowest BCUT2D eigenvalue weighted by Gasteiger charge is -2.05. The molecule has 102 valence electrons. The van der Waals surface area contributed by atoms with Crippen LogP contribution < -0.4 is 5.43 Å². The standard InChI is InChI=1S/C14H11ClN2O3/c1-7-13-10(16-17(7)2)11(18)12(19)14(20-13)8-5-3-4-6-9(8)15/h3-6,19H,1-2H3. The summed E-state index contributed by atoms with van der Waals surface area (Å²) in [6, 6.07) is 6.85. The molecule has 2 aromatic heterocycles. The summed E-state index contributed by atoms with van der Waals surface area (Å²) < 4.78 is 7.21. The van der Waals surface area contributed by atoms with Crippen LogP contribution in [0, 0.1) is 6.92 Å². The highest BCUT2D eigenvalue weighted by molar-refractivity contribution is 6.33. The van der Waals surface area contributed by atoms with E-state index in [1.54, 1.807) is 38.2 Å². The van der Waals surface area contributed by atoms with Gasteiger partial charge in [-0.15, -0.1) is 0 Å². The predicted octanol–water partition coefficient (Wildman–Crippen LogP) is 2.86. The van der Waals surface area contributed by atoms with Gasteiger partial charge in [-0.05, 0) is 19.1 Å². The van der Waals surface area contributed by atoms with Crippen LogP contribution in [-0.4, -0.2) is 14.9 Å². The number of nitrogens with zero attached hydrogens (tertiary/aromatic N) is 2. The third-order valence-corrected chi connectivity index (χ3v) is 3.58. The van der Waals surface area contributed by atoms with Gasteiger partial charge in [0.05, 0.1) is 10.7 Å². The van der Waals surface area contributed by atoms with Crippen LogP contribution in [0.25, 0.3) is 22.4 Å². The quantitative estimate of drug-likeness (QED) is 0.748. The largest absolute Gasteiger partial charge is 0.501 e. The van der Waals surface area contributed by atoms with Crippen molar-refractivity contribution in [1.29, 1.82) is 0 Å². The Labute approximate surface area is 119 Å². The zero-order chi connectivity index (χ0) is 14.4. The minimum absolute atomic E-state index is 0.0594. The molecule has 6 heteroatoms. The van der Waals surface area contributed by atoms with Crippen molar-refractivity contribution < 1.29 is 9.52 Å². The Balaban J connectivity index is 2.44. The first-order valence-corrected chi connectivity index (χ1v) is 6.32. The highest BCUT2D eigenvalue weighted by Gasteiger charge is 2.20. The van der Waals surface area contributed by atoms with E-state index >= 15 is 0 Å². The molecule has 0 amide bonds. The minimum atomic E-state index is -0.565. The number of rotatable bonds is 1. The number of aromatic hydroxyl groups is 1. The molecule has 0 atom stereocenters. The molecule has 0 aliphatic heterocycles. The maximum Gasteiger partial charge on any atom is 0.255 e. The van der Waals surface area contributed by atoms with E-state index < -0.39 is 11.2 Å². The van der Waals surface area contributed by atoms with E-state index in [2.05, 4.69) is 5.10 Å². The molecule has 3 aromatic rings. The number of aryl methyl sites for hydroxylation is 2. The van der Waals surface area contributed by atoms with Crippen LogP contribution in [0.5, 0.6) is 5.75 Å². The van der Waals surface area contributed by atoms with Crippen LogP contribution in [0.1, 0.15) is 5.69 Å². The molecule has 20 heavy (non-hydrogen) atoms. The first-order chi connectivity index (χ1) is 9.50. The van der Waals surface area contributed by atoms with Gasteiger partial charge in [-0.1, -0.05) is 23.7 Å². The number of fused-ring (bicyclic) bond motifs is 1. The smallest absolute Gasteiger partial charge is 0.255 e. The zero-order valence-corrected chi connectivity index (χ0v) is 11.6. The van der Waals surface area contributed by atoms with E-state index in [4.69, 9.17) is 16.0 Å². The molecule has 0 aliphatic rings. The summed E-state index contributed by atoms with van der Waals surface area (Å²) in [5.74, 6) is -0.423. The molecule has 0 saturated carbocycles. The topological polar surface area (TPSA) is 68.3 Å². The van der Waals surface area contributed by atoms with Crippen molar-refractivity contribution in [2.24, 2.45) is 7.05 Å². The summed E-state index contributed by atoms with van der Waals surface area (Å²) in [6.07, 6.45) is 0. The lowest BCUT2D eigenvalue weighted by molar-refractivity contribution is 0.449. The van der Waals surface area contributed by atoms with Crippen molar-refractivity contribution in [2.75, 3.05) is 0 Å². The van der Waals surface area contributed by atoms with E-state index in [1.807, 2.05) is 0 Å². The van der Waals surface area contributed by atoms with Gasteiger partial charge in [-0.2, -0.15) is 5.10 Å². The van der Waals surface area contributed by atoms with Crippen LogP contribution >= 0.6 is 11.6 Å². The maximum absolute atomic E-state index is 12.2. The van der Waals surface area contributed by atoms with Gasteiger partial charge >= 0.3 is 0 Å². The normalized spacial score (nSPS) is 11.2. The number of benzene rings is 1. The second-order valence-electron chi connectivity index (χ2n) is 4.48. The fourth-order valence-corrected chi connectivity index (χ4v) is 2.27. The lowest BCUT2D eigenvalue weighted by atomic mass is 10.1. The van der Waals surface area contributed by atoms with Crippen LogP contribution in [0.2, 0.25) is 5.02 Å². The first kappa shape index (κ1) is 12.7. The fourth-order valence-electron chi connectivity index (χ4n) is 2.05. The molecule has 0 unspecified atom stereocenters. The number of hydrogen-bond acceptors (Lipinski definition) is 4. The Kier molecular flexibility index (Phi) is 2.79. The van der Waals surface area contributed by atoms with Crippen LogP contribution in [0.15, 0.2) is 33.5 Å². The van der Waals surface area contributed by atoms with Gasteiger partial charge in [0.15, 0.2) is 16.9 Å². The highest BCUT2D eigenvalue weighted by Crippen LogP contribution is 2.34. The Morgan fingerprint density at radius 1 is 1.35 bits per heavy atom. The monoisotopic (exact) mass is 290 g/mol. The molecule has 0 spiro atoms. The maximum atomic E-state index is 12.2. The van der Waals surface area contributed by atoms with Gasteiger partial charge < -0.3 is 9.52 Å². The van der Waals surface area contributed by atoms with Crippen LogP contribution in [0.3, 0.4) is 0 Å². The van der Waals surface area contributed by atoms with Gasteiger partial charge in [-0.25, -0.2) is 0 Å². The first-order valence-electron chi connectivity index (χ1n) is 5.95. The summed E-state index contributed by atoms with van der Waals surface area (Å²) in [6.45, 7) is 1.78. The molecule has 0 fully saturated rings. The lowest BCUT2D eigenvalue weighted by Crippen LogP contribution is -2.03. The minimum Gasteiger partial charge on any atom is -0.501 e. The molecule has 1 aromatic carbocycles. The third kappa shape index (κ3) is 1.71. The van der Waals surface area contributed by atoms with Gasteiger partial charge in [-0.3, -0.25) is 9.48 Å². The average Bonchev–Trinajstić information content (AvgIpc) is 2.71. The van der Waals surface area contributed by atoms with Gasteiger partial charge in [0, 0.05) is 12.6 Å². The molecule has 0 radical (unpaired) electrons. The van der Waals surface area contributed by atoms with Crippen LogP contribution in [0.4, 0.5) is 0 Å². The molecular weight excluding hydrogens is 280 g/mol. The summed E-state index contributed by atoms with van der Waals surface area (Å²) in [5, 5.41) is 14.5. The SMILES string of the molecule is Cc1c2oc(-c3ccccc3Cl)c(O)c(=O)c2nn1C. The summed E-state index contributed by atoms with van der Waals surface area (Å²) in [7, 11) is 1.70. The molecule has 5 nitrogen and oxygen atoms in total. The Hall–Kier alpha value is -2.27. The molecule has 1 N–H and O–H groups in total. The van der Waals surface area contributed by atoms with E-state index in [0.717, 1.165) is 0 Å².